The van der Waals surface area contributed by atoms with Gasteiger partial charge in [0.25, 0.3) is 0 Å². The molecule has 0 spiro atoms. The highest BCUT2D eigenvalue weighted by Crippen LogP contribution is 2.08. The highest BCUT2D eigenvalue weighted by molar-refractivity contribution is 9.09. The van der Waals surface area contributed by atoms with E-state index in [1.807, 2.05) is 0 Å². The average molecular weight is 267 g/mol. The predicted molar refractivity (Wildman–Crippen MR) is 62.8 cm³/mol. The summed E-state index contributed by atoms with van der Waals surface area (Å²) >= 11 is 3.31. The predicted octanol–water partition coefficient (Wildman–Crippen LogP) is 1.93. The van der Waals surface area contributed by atoms with Crippen molar-refractivity contribution >= 4 is 15.9 Å². The number of ether oxygens (including phenoxy) is 1. The Morgan fingerprint density at radius 2 is 2.07 bits per heavy atom. The molecule has 0 saturated heterocycles. The SMILES string of the molecule is C=C(O)CC(C[N+](C)(C)C)OCCBr. The Kier molecular flexibility index (Phi) is 6.40. The average Bonchev–Trinajstić information content (AvgIpc) is 1.96. The van der Waals surface area contributed by atoms with Gasteiger partial charge in [0.15, 0.2) is 0 Å². The highest BCUT2D eigenvalue weighted by atomic mass is 79.9. The summed E-state index contributed by atoms with van der Waals surface area (Å²) in [6.07, 6.45) is 0.563. The number of rotatable bonds is 7. The Hall–Kier alpha value is -0.0600. The summed E-state index contributed by atoms with van der Waals surface area (Å²) in [4.78, 5) is 0. The van der Waals surface area contributed by atoms with Crippen molar-refractivity contribution < 1.29 is 14.3 Å². The van der Waals surface area contributed by atoms with Gasteiger partial charge >= 0.3 is 0 Å². The molecule has 0 radical (unpaired) electrons. The van der Waals surface area contributed by atoms with Crippen LogP contribution >= 0.6 is 15.9 Å². The molecule has 3 nitrogen and oxygen atoms in total. The standard InChI is InChI=1S/C10H20BrNO2/c1-9(13)7-10(14-6-5-11)8-12(2,3)4/h10H,1,5-8H2,2-4H3/p+1. The van der Waals surface area contributed by atoms with Crippen molar-refractivity contribution in [1.82, 2.24) is 0 Å². The van der Waals surface area contributed by atoms with Crippen molar-refractivity contribution in [2.75, 3.05) is 39.6 Å². The molecule has 0 saturated carbocycles. The molecule has 0 fully saturated rings. The first-order valence-corrected chi connectivity index (χ1v) is 5.82. The lowest BCUT2D eigenvalue weighted by Gasteiger charge is -2.29. The molecule has 0 rings (SSSR count). The first kappa shape index (κ1) is 13.9. The number of nitrogens with zero attached hydrogens (tertiary/aromatic N) is 1. The van der Waals surface area contributed by atoms with Gasteiger partial charge in [-0.25, -0.2) is 0 Å². The normalized spacial score (nSPS) is 14.0. The molecular weight excluding hydrogens is 246 g/mol. The quantitative estimate of drug-likeness (QED) is 0.434. The molecule has 1 atom stereocenters. The molecule has 0 aliphatic carbocycles. The summed E-state index contributed by atoms with van der Waals surface area (Å²) in [7, 11) is 6.31. The van der Waals surface area contributed by atoms with Crippen LogP contribution in [0.4, 0.5) is 0 Å². The van der Waals surface area contributed by atoms with E-state index in [9.17, 15) is 0 Å². The Morgan fingerprint density at radius 3 is 2.43 bits per heavy atom. The highest BCUT2D eigenvalue weighted by Gasteiger charge is 2.19. The molecule has 1 unspecified atom stereocenters. The van der Waals surface area contributed by atoms with E-state index < -0.39 is 0 Å². The van der Waals surface area contributed by atoms with Crippen molar-refractivity contribution in [2.24, 2.45) is 0 Å². The third kappa shape index (κ3) is 8.53. The van der Waals surface area contributed by atoms with Crippen LogP contribution in [0.5, 0.6) is 0 Å². The monoisotopic (exact) mass is 266 g/mol. The Labute approximate surface area is 95.1 Å². The number of hydrogen-bond donors (Lipinski definition) is 1. The third-order valence-corrected chi connectivity index (χ3v) is 1.97. The van der Waals surface area contributed by atoms with Crippen molar-refractivity contribution in [3.8, 4) is 0 Å². The van der Waals surface area contributed by atoms with E-state index in [4.69, 9.17) is 9.84 Å². The lowest BCUT2D eigenvalue weighted by atomic mass is 10.2. The molecule has 14 heavy (non-hydrogen) atoms. The number of alkyl halides is 1. The molecule has 1 N–H and O–H groups in total. The van der Waals surface area contributed by atoms with Crippen LogP contribution in [0.2, 0.25) is 0 Å². The van der Waals surface area contributed by atoms with Gasteiger partial charge in [-0.05, 0) is 0 Å². The van der Waals surface area contributed by atoms with Gasteiger partial charge in [-0.3, -0.25) is 0 Å². The smallest absolute Gasteiger partial charge is 0.113 e. The van der Waals surface area contributed by atoms with E-state index in [1.165, 1.54) is 0 Å². The van der Waals surface area contributed by atoms with Crippen LogP contribution in [-0.2, 0) is 4.74 Å². The lowest BCUT2D eigenvalue weighted by molar-refractivity contribution is -0.873. The second-order valence-corrected chi connectivity index (χ2v) is 5.22. The summed E-state index contributed by atoms with van der Waals surface area (Å²) in [5.74, 6) is 0.193. The van der Waals surface area contributed by atoms with Gasteiger partial charge in [-0.2, -0.15) is 0 Å². The van der Waals surface area contributed by atoms with Crippen molar-refractivity contribution in [1.29, 1.82) is 0 Å². The fourth-order valence-corrected chi connectivity index (χ4v) is 1.45. The molecular formula is C10H21BrNO2+. The zero-order valence-corrected chi connectivity index (χ0v) is 10.9. The summed E-state index contributed by atoms with van der Waals surface area (Å²) in [5.41, 5.74) is 0. The second-order valence-electron chi connectivity index (χ2n) is 4.43. The van der Waals surface area contributed by atoms with Crippen LogP contribution in [-0.4, -0.2) is 55.3 Å². The zero-order chi connectivity index (χ0) is 11.2. The molecule has 0 heterocycles. The van der Waals surface area contributed by atoms with Crippen LogP contribution in [0, 0.1) is 0 Å². The van der Waals surface area contributed by atoms with Crippen LogP contribution in [0.15, 0.2) is 12.3 Å². The summed E-state index contributed by atoms with van der Waals surface area (Å²) in [6, 6.07) is 0. The molecule has 0 bridgehead atoms. The van der Waals surface area contributed by atoms with Gasteiger partial charge < -0.3 is 14.3 Å². The zero-order valence-electron chi connectivity index (χ0n) is 9.29. The summed E-state index contributed by atoms with van der Waals surface area (Å²) in [6.45, 7) is 5.02. The van der Waals surface area contributed by atoms with Gasteiger partial charge in [0, 0.05) is 11.8 Å². The topological polar surface area (TPSA) is 29.5 Å². The fourth-order valence-electron chi connectivity index (χ4n) is 1.26. The van der Waals surface area contributed by atoms with Gasteiger partial charge in [-0.1, -0.05) is 22.5 Å². The van der Waals surface area contributed by atoms with E-state index in [0.717, 1.165) is 16.4 Å². The molecule has 0 amide bonds. The maximum absolute atomic E-state index is 9.13. The van der Waals surface area contributed by atoms with Crippen molar-refractivity contribution in [3.63, 3.8) is 0 Å². The Morgan fingerprint density at radius 1 is 1.50 bits per heavy atom. The van der Waals surface area contributed by atoms with E-state index in [0.29, 0.717) is 13.0 Å². The van der Waals surface area contributed by atoms with Gasteiger partial charge in [-0.15, -0.1) is 0 Å². The summed E-state index contributed by atoms with van der Waals surface area (Å²) < 4.78 is 6.41. The maximum Gasteiger partial charge on any atom is 0.113 e. The molecule has 4 heteroatoms. The molecule has 0 aliphatic rings. The minimum atomic E-state index is 0.0463. The van der Waals surface area contributed by atoms with Crippen molar-refractivity contribution in [3.05, 3.63) is 12.3 Å². The number of aliphatic hydroxyl groups is 1. The van der Waals surface area contributed by atoms with Crippen LogP contribution in [0.1, 0.15) is 6.42 Å². The molecule has 84 valence electrons. The van der Waals surface area contributed by atoms with Gasteiger partial charge in [0.2, 0.25) is 0 Å². The molecule has 0 aliphatic heterocycles. The Bertz CT molecular complexity index is 177. The lowest BCUT2D eigenvalue weighted by Crippen LogP contribution is -2.42. The first-order valence-electron chi connectivity index (χ1n) is 4.70. The van der Waals surface area contributed by atoms with E-state index in [1.54, 1.807) is 0 Å². The van der Waals surface area contributed by atoms with Crippen LogP contribution in [0.25, 0.3) is 0 Å². The second kappa shape index (κ2) is 6.43. The Balaban J connectivity index is 4.03. The molecule has 0 aromatic heterocycles. The van der Waals surface area contributed by atoms with Crippen LogP contribution in [0.3, 0.4) is 0 Å². The first-order chi connectivity index (χ1) is 6.35. The maximum atomic E-state index is 9.13. The van der Waals surface area contributed by atoms with Crippen LogP contribution < -0.4 is 0 Å². The van der Waals surface area contributed by atoms with E-state index in [2.05, 4.69) is 43.7 Å². The number of quaternary nitrogens is 1. The molecule has 0 aromatic rings. The summed E-state index contributed by atoms with van der Waals surface area (Å²) in [5, 5.41) is 9.94. The van der Waals surface area contributed by atoms with E-state index in [-0.39, 0.29) is 11.9 Å². The number of hydrogen-bond acceptors (Lipinski definition) is 2. The largest absolute Gasteiger partial charge is 0.513 e. The van der Waals surface area contributed by atoms with Gasteiger partial charge in [0.1, 0.15) is 12.6 Å². The van der Waals surface area contributed by atoms with E-state index >= 15 is 0 Å². The number of aliphatic hydroxyl groups excluding tert-OH is 1. The van der Waals surface area contributed by atoms with Crippen molar-refractivity contribution in [2.45, 2.75) is 12.5 Å². The minimum Gasteiger partial charge on any atom is -0.513 e. The number of likely N-dealkylation sites (N-methyl/N-ethyl adjacent to an activating group) is 1. The fraction of sp³-hybridized carbons (Fsp3) is 0.800. The minimum absolute atomic E-state index is 0.0463. The molecule has 0 aromatic carbocycles. The third-order valence-electron chi connectivity index (χ3n) is 1.65. The number of halogens is 1. The van der Waals surface area contributed by atoms with Gasteiger partial charge in [0.05, 0.1) is 33.5 Å².